The van der Waals surface area contributed by atoms with Crippen LogP contribution in [0, 0.1) is 5.82 Å². The normalized spacial score (nSPS) is 10.2. The SMILES string of the molecule is COc1cc(N(C)CCSC)c(F)cc1N. The number of thioether (sulfide) groups is 1. The highest BCUT2D eigenvalue weighted by atomic mass is 32.2. The van der Waals surface area contributed by atoms with E-state index in [1.54, 1.807) is 17.8 Å². The van der Waals surface area contributed by atoms with E-state index in [1.165, 1.54) is 13.2 Å². The van der Waals surface area contributed by atoms with Gasteiger partial charge in [0.05, 0.1) is 18.5 Å². The molecule has 1 aromatic carbocycles. The zero-order valence-corrected chi connectivity index (χ0v) is 10.6. The maximum atomic E-state index is 13.7. The van der Waals surface area contributed by atoms with Gasteiger partial charge in [0.15, 0.2) is 0 Å². The standard InChI is InChI=1S/C11H17FN2OS/c1-14(4-5-16-3)10-7-11(15-2)9(13)6-8(10)12/h6-7H,4-5,13H2,1-3H3. The number of anilines is 2. The molecule has 1 rings (SSSR count). The summed E-state index contributed by atoms with van der Waals surface area (Å²) in [6.07, 6.45) is 2.02. The first-order chi connectivity index (χ1) is 7.60. The predicted molar refractivity (Wildman–Crippen MR) is 69.0 cm³/mol. The van der Waals surface area contributed by atoms with E-state index in [-0.39, 0.29) is 5.82 Å². The molecule has 0 saturated carbocycles. The van der Waals surface area contributed by atoms with Crippen LogP contribution in [-0.2, 0) is 0 Å². The summed E-state index contributed by atoms with van der Waals surface area (Å²) in [5.74, 6) is 1.14. The molecule has 0 unspecified atom stereocenters. The Hall–Kier alpha value is -1.10. The van der Waals surface area contributed by atoms with E-state index in [4.69, 9.17) is 10.5 Å². The van der Waals surface area contributed by atoms with E-state index in [0.717, 1.165) is 12.3 Å². The molecule has 0 radical (unpaired) electrons. The van der Waals surface area contributed by atoms with Gasteiger partial charge < -0.3 is 15.4 Å². The van der Waals surface area contributed by atoms with Gasteiger partial charge >= 0.3 is 0 Å². The van der Waals surface area contributed by atoms with Crippen molar-refractivity contribution >= 4 is 23.1 Å². The van der Waals surface area contributed by atoms with Gasteiger partial charge in [0.25, 0.3) is 0 Å². The maximum absolute atomic E-state index is 13.7. The summed E-state index contributed by atoms with van der Waals surface area (Å²) >= 11 is 1.72. The van der Waals surface area contributed by atoms with Crippen molar-refractivity contribution in [1.82, 2.24) is 0 Å². The first kappa shape index (κ1) is 13.0. The monoisotopic (exact) mass is 244 g/mol. The molecule has 0 heterocycles. The first-order valence-corrected chi connectivity index (χ1v) is 6.32. The van der Waals surface area contributed by atoms with Gasteiger partial charge in [0, 0.05) is 31.5 Å². The van der Waals surface area contributed by atoms with Gasteiger partial charge in [-0.25, -0.2) is 4.39 Å². The smallest absolute Gasteiger partial charge is 0.148 e. The minimum absolute atomic E-state index is 0.318. The van der Waals surface area contributed by atoms with Crippen LogP contribution in [0.1, 0.15) is 0 Å². The van der Waals surface area contributed by atoms with Gasteiger partial charge in [-0.1, -0.05) is 0 Å². The van der Waals surface area contributed by atoms with Gasteiger partial charge in [-0.2, -0.15) is 11.8 Å². The third-order valence-electron chi connectivity index (χ3n) is 2.34. The van der Waals surface area contributed by atoms with Crippen LogP contribution in [0.3, 0.4) is 0 Å². The second kappa shape index (κ2) is 5.84. The fraction of sp³-hybridized carbons (Fsp3) is 0.455. The van der Waals surface area contributed by atoms with Crippen LogP contribution < -0.4 is 15.4 Å². The molecule has 3 nitrogen and oxygen atoms in total. The Morgan fingerprint density at radius 1 is 1.50 bits per heavy atom. The lowest BCUT2D eigenvalue weighted by molar-refractivity contribution is 0.416. The number of nitrogen functional groups attached to an aromatic ring is 1. The van der Waals surface area contributed by atoms with Gasteiger partial charge in [0.2, 0.25) is 0 Å². The number of nitrogens with zero attached hydrogens (tertiary/aromatic N) is 1. The Bertz CT molecular complexity index is 360. The van der Waals surface area contributed by atoms with Crippen LogP contribution in [0.25, 0.3) is 0 Å². The van der Waals surface area contributed by atoms with Crippen molar-refractivity contribution in [2.75, 3.05) is 43.3 Å². The molecule has 16 heavy (non-hydrogen) atoms. The number of ether oxygens (including phenoxy) is 1. The Balaban J connectivity index is 2.94. The average molecular weight is 244 g/mol. The zero-order chi connectivity index (χ0) is 12.1. The molecule has 0 aliphatic carbocycles. The van der Waals surface area contributed by atoms with E-state index in [0.29, 0.717) is 17.1 Å². The van der Waals surface area contributed by atoms with Crippen molar-refractivity contribution in [3.8, 4) is 5.75 Å². The number of hydrogen-bond acceptors (Lipinski definition) is 4. The fourth-order valence-corrected chi connectivity index (χ4v) is 1.83. The molecule has 0 spiro atoms. The van der Waals surface area contributed by atoms with Gasteiger partial charge in [-0.15, -0.1) is 0 Å². The molecule has 2 N–H and O–H groups in total. The van der Waals surface area contributed by atoms with Gasteiger partial charge in [0.1, 0.15) is 11.6 Å². The Morgan fingerprint density at radius 3 is 2.75 bits per heavy atom. The summed E-state index contributed by atoms with van der Waals surface area (Å²) < 4.78 is 18.7. The highest BCUT2D eigenvalue weighted by Gasteiger charge is 2.11. The molecular weight excluding hydrogens is 227 g/mol. The van der Waals surface area contributed by atoms with E-state index in [2.05, 4.69) is 0 Å². The molecule has 1 aromatic rings. The van der Waals surface area contributed by atoms with Crippen LogP contribution in [0.4, 0.5) is 15.8 Å². The summed E-state index contributed by atoms with van der Waals surface area (Å²) in [5, 5.41) is 0. The van der Waals surface area contributed by atoms with Crippen LogP contribution in [0.2, 0.25) is 0 Å². The summed E-state index contributed by atoms with van der Waals surface area (Å²) in [4.78, 5) is 1.85. The largest absolute Gasteiger partial charge is 0.495 e. The van der Waals surface area contributed by atoms with Crippen molar-refractivity contribution in [3.05, 3.63) is 17.9 Å². The Labute approximate surface area is 99.8 Å². The molecule has 0 aliphatic heterocycles. The summed E-state index contributed by atoms with van der Waals surface area (Å²) in [6.45, 7) is 0.783. The molecule has 0 bridgehead atoms. The minimum atomic E-state index is -0.318. The van der Waals surface area contributed by atoms with Crippen molar-refractivity contribution < 1.29 is 9.13 Å². The van der Waals surface area contributed by atoms with E-state index < -0.39 is 0 Å². The summed E-state index contributed by atoms with van der Waals surface area (Å²) in [5.41, 5.74) is 6.45. The lowest BCUT2D eigenvalue weighted by Gasteiger charge is -2.20. The summed E-state index contributed by atoms with van der Waals surface area (Å²) in [7, 11) is 3.37. The number of methoxy groups -OCH3 is 1. The van der Waals surface area contributed by atoms with Crippen molar-refractivity contribution in [2.24, 2.45) is 0 Å². The third kappa shape index (κ3) is 2.95. The predicted octanol–water partition coefficient (Wildman–Crippen LogP) is 2.22. The van der Waals surface area contributed by atoms with Crippen LogP contribution in [0.5, 0.6) is 5.75 Å². The van der Waals surface area contributed by atoms with E-state index in [9.17, 15) is 4.39 Å². The number of halogens is 1. The molecule has 0 amide bonds. The third-order valence-corrected chi connectivity index (χ3v) is 2.93. The van der Waals surface area contributed by atoms with E-state index >= 15 is 0 Å². The molecule has 0 aromatic heterocycles. The van der Waals surface area contributed by atoms with Crippen molar-refractivity contribution in [2.45, 2.75) is 0 Å². The molecule has 0 saturated heterocycles. The maximum Gasteiger partial charge on any atom is 0.148 e. The molecule has 5 heteroatoms. The number of rotatable bonds is 5. The quantitative estimate of drug-likeness (QED) is 0.806. The molecule has 0 aliphatic rings. The second-order valence-electron chi connectivity index (χ2n) is 3.46. The Morgan fingerprint density at radius 2 is 2.19 bits per heavy atom. The highest BCUT2D eigenvalue weighted by molar-refractivity contribution is 7.98. The fourth-order valence-electron chi connectivity index (χ4n) is 1.38. The van der Waals surface area contributed by atoms with Gasteiger partial charge in [-0.3, -0.25) is 0 Å². The first-order valence-electron chi connectivity index (χ1n) is 4.93. The number of benzene rings is 1. The van der Waals surface area contributed by atoms with Crippen LogP contribution in [-0.4, -0.2) is 32.7 Å². The summed E-state index contributed by atoms with van der Waals surface area (Å²) in [6, 6.07) is 2.93. The zero-order valence-electron chi connectivity index (χ0n) is 9.79. The lowest BCUT2D eigenvalue weighted by Crippen LogP contribution is -2.21. The van der Waals surface area contributed by atoms with Crippen molar-refractivity contribution in [3.63, 3.8) is 0 Å². The highest BCUT2D eigenvalue weighted by Crippen LogP contribution is 2.30. The number of nitrogens with two attached hydrogens (primary N) is 1. The molecular formula is C11H17FN2OS. The van der Waals surface area contributed by atoms with E-state index in [1.807, 2.05) is 18.2 Å². The topological polar surface area (TPSA) is 38.5 Å². The Kier molecular flexibility index (Phi) is 4.73. The number of hydrogen-bond donors (Lipinski definition) is 1. The van der Waals surface area contributed by atoms with Crippen LogP contribution >= 0.6 is 11.8 Å². The average Bonchev–Trinajstić information content (AvgIpc) is 2.26. The molecule has 0 atom stereocenters. The minimum Gasteiger partial charge on any atom is -0.495 e. The van der Waals surface area contributed by atoms with Gasteiger partial charge in [-0.05, 0) is 6.26 Å². The molecule has 90 valence electrons. The lowest BCUT2D eigenvalue weighted by atomic mass is 10.2. The van der Waals surface area contributed by atoms with Crippen molar-refractivity contribution in [1.29, 1.82) is 0 Å². The second-order valence-corrected chi connectivity index (χ2v) is 4.45. The molecule has 0 fully saturated rings. The van der Waals surface area contributed by atoms with Crippen LogP contribution in [0.15, 0.2) is 12.1 Å².